The highest BCUT2D eigenvalue weighted by atomic mass is 16.3. The van der Waals surface area contributed by atoms with E-state index in [9.17, 15) is 4.79 Å². The van der Waals surface area contributed by atoms with Gasteiger partial charge in [0.2, 0.25) is 5.91 Å². The molecule has 0 unspecified atom stereocenters. The highest BCUT2D eigenvalue weighted by molar-refractivity contribution is 5.79. The van der Waals surface area contributed by atoms with E-state index in [-0.39, 0.29) is 18.6 Å². The molecule has 16 heavy (non-hydrogen) atoms. The van der Waals surface area contributed by atoms with Gasteiger partial charge in [-0.15, -0.1) is 0 Å². The summed E-state index contributed by atoms with van der Waals surface area (Å²) >= 11 is 0. The predicted molar refractivity (Wildman–Crippen MR) is 59.8 cm³/mol. The van der Waals surface area contributed by atoms with Crippen molar-refractivity contribution in [2.75, 3.05) is 13.2 Å². The molecule has 2 rings (SSSR count). The molecular weight excluding hydrogens is 204 g/mol. The zero-order valence-corrected chi connectivity index (χ0v) is 9.17. The fourth-order valence-electron chi connectivity index (χ4n) is 2.13. The zero-order chi connectivity index (χ0) is 11.4. The first kappa shape index (κ1) is 11.1. The summed E-state index contributed by atoms with van der Waals surface area (Å²) in [5.41, 5.74) is 0.927. The zero-order valence-electron chi connectivity index (χ0n) is 9.17. The van der Waals surface area contributed by atoms with Crippen molar-refractivity contribution in [3.05, 3.63) is 30.1 Å². The third-order valence-corrected chi connectivity index (χ3v) is 2.99. The van der Waals surface area contributed by atoms with Gasteiger partial charge in [-0.1, -0.05) is 6.07 Å². The highest BCUT2D eigenvalue weighted by Gasteiger charge is 2.27. The lowest BCUT2D eigenvalue weighted by atomic mass is 10.2. The van der Waals surface area contributed by atoms with E-state index >= 15 is 0 Å². The molecular formula is C12H16N2O2. The fraction of sp³-hybridized carbons (Fsp3) is 0.500. The van der Waals surface area contributed by atoms with Gasteiger partial charge in [0, 0.05) is 18.9 Å². The molecule has 0 bridgehead atoms. The Kier molecular flexibility index (Phi) is 3.51. The molecule has 86 valence electrons. The summed E-state index contributed by atoms with van der Waals surface area (Å²) in [6, 6.07) is 3.74. The molecule has 1 fully saturated rings. The average Bonchev–Trinajstić information content (AvgIpc) is 2.78. The number of pyridine rings is 1. The number of aliphatic hydroxyl groups excluding tert-OH is 1. The Morgan fingerprint density at radius 3 is 3.19 bits per heavy atom. The third kappa shape index (κ3) is 2.39. The van der Waals surface area contributed by atoms with Crippen LogP contribution in [0.25, 0.3) is 0 Å². The summed E-state index contributed by atoms with van der Waals surface area (Å²) in [5, 5.41) is 9.15. The Hall–Kier alpha value is -1.42. The number of amides is 1. The molecule has 1 saturated heterocycles. The minimum atomic E-state index is 0.0178. The number of hydrogen-bond donors (Lipinski definition) is 1. The molecule has 4 heteroatoms. The molecule has 0 saturated carbocycles. The summed E-state index contributed by atoms with van der Waals surface area (Å²) in [4.78, 5) is 17.7. The van der Waals surface area contributed by atoms with Crippen molar-refractivity contribution < 1.29 is 9.90 Å². The monoisotopic (exact) mass is 220 g/mol. The van der Waals surface area contributed by atoms with E-state index in [1.807, 2.05) is 12.1 Å². The number of aromatic nitrogens is 1. The normalized spacial score (nSPS) is 20.1. The van der Waals surface area contributed by atoms with E-state index in [0.29, 0.717) is 6.42 Å². The van der Waals surface area contributed by atoms with Crippen LogP contribution in [0.5, 0.6) is 0 Å². The molecule has 1 N–H and O–H groups in total. The summed E-state index contributed by atoms with van der Waals surface area (Å²) in [6.07, 6.45) is 5.69. The maximum atomic E-state index is 12.0. The SMILES string of the molecule is O=C(Cc1cccnc1)N1CCC[C@@H]1CO. The molecule has 0 aromatic carbocycles. The van der Waals surface area contributed by atoms with E-state index in [2.05, 4.69) is 4.98 Å². The van der Waals surface area contributed by atoms with Crippen LogP contribution in [0.3, 0.4) is 0 Å². The summed E-state index contributed by atoms with van der Waals surface area (Å²) in [5.74, 6) is 0.0875. The Labute approximate surface area is 94.9 Å². The molecule has 0 radical (unpaired) electrons. The first-order chi connectivity index (χ1) is 7.81. The number of aliphatic hydroxyl groups is 1. The van der Waals surface area contributed by atoms with Gasteiger partial charge in [0.1, 0.15) is 0 Å². The van der Waals surface area contributed by atoms with Crippen LogP contribution >= 0.6 is 0 Å². The lowest BCUT2D eigenvalue weighted by Gasteiger charge is -2.22. The molecule has 1 atom stereocenters. The maximum Gasteiger partial charge on any atom is 0.227 e. The highest BCUT2D eigenvalue weighted by Crippen LogP contribution is 2.17. The minimum Gasteiger partial charge on any atom is -0.394 e. The van der Waals surface area contributed by atoms with Crippen molar-refractivity contribution in [2.45, 2.75) is 25.3 Å². The van der Waals surface area contributed by atoms with E-state index < -0.39 is 0 Å². The summed E-state index contributed by atoms with van der Waals surface area (Å²) < 4.78 is 0. The van der Waals surface area contributed by atoms with Crippen molar-refractivity contribution in [3.63, 3.8) is 0 Å². The lowest BCUT2D eigenvalue weighted by molar-refractivity contribution is -0.132. The molecule has 1 amide bonds. The van der Waals surface area contributed by atoms with Crippen molar-refractivity contribution in [1.29, 1.82) is 0 Å². The Bertz CT molecular complexity index is 353. The van der Waals surface area contributed by atoms with Crippen LogP contribution in [0, 0.1) is 0 Å². The number of carbonyl (C=O) groups excluding carboxylic acids is 1. The first-order valence-corrected chi connectivity index (χ1v) is 5.60. The molecule has 1 aliphatic rings. The van der Waals surface area contributed by atoms with Gasteiger partial charge < -0.3 is 10.0 Å². The molecule has 1 aromatic heterocycles. The van der Waals surface area contributed by atoms with Crippen LogP contribution in [0.2, 0.25) is 0 Å². The van der Waals surface area contributed by atoms with Crippen molar-refractivity contribution in [1.82, 2.24) is 9.88 Å². The molecule has 1 aromatic rings. The van der Waals surface area contributed by atoms with Gasteiger partial charge in [0.15, 0.2) is 0 Å². The maximum absolute atomic E-state index is 12.0. The van der Waals surface area contributed by atoms with Gasteiger partial charge in [-0.2, -0.15) is 0 Å². The van der Waals surface area contributed by atoms with Crippen LogP contribution in [0.1, 0.15) is 18.4 Å². The van der Waals surface area contributed by atoms with E-state index in [1.54, 1.807) is 17.3 Å². The van der Waals surface area contributed by atoms with E-state index in [0.717, 1.165) is 24.9 Å². The topological polar surface area (TPSA) is 53.4 Å². The van der Waals surface area contributed by atoms with Crippen LogP contribution < -0.4 is 0 Å². The Morgan fingerprint density at radius 1 is 1.62 bits per heavy atom. The van der Waals surface area contributed by atoms with Crippen LogP contribution in [-0.2, 0) is 11.2 Å². The van der Waals surface area contributed by atoms with Gasteiger partial charge in [0.05, 0.1) is 19.1 Å². The van der Waals surface area contributed by atoms with E-state index in [1.165, 1.54) is 0 Å². The summed E-state index contributed by atoms with van der Waals surface area (Å²) in [7, 11) is 0. The number of hydrogen-bond acceptors (Lipinski definition) is 3. The second-order valence-electron chi connectivity index (χ2n) is 4.10. The molecule has 1 aliphatic heterocycles. The van der Waals surface area contributed by atoms with Gasteiger partial charge in [-0.25, -0.2) is 0 Å². The third-order valence-electron chi connectivity index (χ3n) is 2.99. The van der Waals surface area contributed by atoms with Gasteiger partial charge in [-0.3, -0.25) is 9.78 Å². The largest absolute Gasteiger partial charge is 0.394 e. The molecule has 4 nitrogen and oxygen atoms in total. The van der Waals surface area contributed by atoms with Crippen molar-refractivity contribution >= 4 is 5.91 Å². The van der Waals surface area contributed by atoms with Gasteiger partial charge in [-0.05, 0) is 24.5 Å². The van der Waals surface area contributed by atoms with Crippen LogP contribution in [0.4, 0.5) is 0 Å². The second-order valence-corrected chi connectivity index (χ2v) is 4.10. The van der Waals surface area contributed by atoms with Crippen LogP contribution in [0.15, 0.2) is 24.5 Å². The lowest BCUT2D eigenvalue weighted by Crippen LogP contribution is -2.38. The first-order valence-electron chi connectivity index (χ1n) is 5.60. The predicted octanol–water partition coefficient (Wildman–Crippen LogP) is 0.607. The second kappa shape index (κ2) is 5.07. The standard InChI is InChI=1S/C12H16N2O2/c15-9-11-4-2-6-14(11)12(16)7-10-3-1-5-13-8-10/h1,3,5,8,11,15H,2,4,6-7,9H2/t11-/m1/s1. The number of nitrogens with zero attached hydrogens (tertiary/aromatic N) is 2. The number of likely N-dealkylation sites (tertiary alicyclic amines) is 1. The summed E-state index contributed by atoms with van der Waals surface area (Å²) in [6.45, 7) is 0.836. The van der Waals surface area contributed by atoms with Gasteiger partial charge >= 0.3 is 0 Å². The number of rotatable bonds is 3. The smallest absolute Gasteiger partial charge is 0.227 e. The quantitative estimate of drug-likeness (QED) is 0.812. The average molecular weight is 220 g/mol. The fourth-order valence-corrected chi connectivity index (χ4v) is 2.13. The molecule has 0 spiro atoms. The van der Waals surface area contributed by atoms with Crippen molar-refractivity contribution in [3.8, 4) is 0 Å². The van der Waals surface area contributed by atoms with E-state index in [4.69, 9.17) is 5.11 Å². The van der Waals surface area contributed by atoms with Crippen molar-refractivity contribution in [2.24, 2.45) is 0 Å². The van der Waals surface area contributed by atoms with Gasteiger partial charge in [0.25, 0.3) is 0 Å². The Balaban J connectivity index is 1.98. The Morgan fingerprint density at radius 2 is 2.50 bits per heavy atom. The molecule has 2 heterocycles. The minimum absolute atomic E-state index is 0.0178. The number of carbonyl (C=O) groups is 1. The molecule has 0 aliphatic carbocycles. The van der Waals surface area contributed by atoms with Crippen LogP contribution in [-0.4, -0.2) is 40.1 Å².